The SMILES string of the molecule is CC(CC(=O)O)C(=O)c1cc(F)c2c(c1)C1(CC1)C(=O)N2. The maximum Gasteiger partial charge on any atom is 0.304 e. The largest absolute Gasteiger partial charge is 0.481 e. The van der Waals surface area contributed by atoms with Gasteiger partial charge in [-0.05, 0) is 30.5 Å². The van der Waals surface area contributed by atoms with Crippen molar-refractivity contribution in [1.82, 2.24) is 0 Å². The Labute approximate surface area is 120 Å². The van der Waals surface area contributed by atoms with Crippen molar-refractivity contribution in [2.45, 2.75) is 31.6 Å². The molecule has 1 saturated carbocycles. The number of carboxylic acids is 1. The van der Waals surface area contributed by atoms with Gasteiger partial charge in [-0.3, -0.25) is 14.4 Å². The lowest BCUT2D eigenvalue weighted by atomic mass is 9.91. The molecule has 1 amide bonds. The molecule has 6 heteroatoms. The van der Waals surface area contributed by atoms with Crippen molar-refractivity contribution >= 4 is 23.3 Å². The number of ketones is 1. The predicted octanol–water partition coefficient (Wildman–Crippen LogP) is 2.10. The molecule has 0 bridgehead atoms. The summed E-state index contributed by atoms with van der Waals surface area (Å²) in [6, 6.07) is 2.60. The second kappa shape index (κ2) is 4.38. The van der Waals surface area contributed by atoms with E-state index in [9.17, 15) is 18.8 Å². The van der Waals surface area contributed by atoms with Gasteiger partial charge < -0.3 is 10.4 Å². The van der Waals surface area contributed by atoms with Crippen molar-refractivity contribution in [3.05, 3.63) is 29.1 Å². The van der Waals surface area contributed by atoms with Crippen LogP contribution in [-0.2, 0) is 15.0 Å². The van der Waals surface area contributed by atoms with Gasteiger partial charge >= 0.3 is 5.97 Å². The molecule has 1 aliphatic carbocycles. The fourth-order valence-electron chi connectivity index (χ4n) is 2.87. The van der Waals surface area contributed by atoms with E-state index >= 15 is 0 Å². The van der Waals surface area contributed by atoms with Gasteiger partial charge in [-0.25, -0.2) is 4.39 Å². The molecule has 1 aliphatic heterocycles. The topological polar surface area (TPSA) is 83.5 Å². The van der Waals surface area contributed by atoms with Crippen LogP contribution in [0.5, 0.6) is 0 Å². The molecule has 21 heavy (non-hydrogen) atoms. The quantitative estimate of drug-likeness (QED) is 0.832. The normalized spacial score (nSPS) is 19.0. The third kappa shape index (κ3) is 2.02. The monoisotopic (exact) mass is 291 g/mol. The van der Waals surface area contributed by atoms with Crippen molar-refractivity contribution in [2.24, 2.45) is 5.92 Å². The fraction of sp³-hybridized carbons (Fsp3) is 0.400. The maximum atomic E-state index is 14.1. The van der Waals surface area contributed by atoms with Crippen LogP contribution in [0.25, 0.3) is 0 Å². The minimum atomic E-state index is -1.08. The lowest BCUT2D eigenvalue weighted by Gasteiger charge is -2.11. The Morgan fingerprint density at radius 2 is 2.10 bits per heavy atom. The maximum absolute atomic E-state index is 14.1. The number of Topliss-reactive ketones (excluding diaryl/α,β-unsaturated/α-hetero) is 1. The molecule has 0 radical (unpaired) electrons. The fourth-order valence-corrected chi connectivity index (χ4v) is 2.87. The molecule has 1 spiro atoms. The van der Waals surface area contributed by atoms with Crippen LogP contribution >= 0.6 is 0 Å². The van der Waals surface area contributed by atoms with Crippen LogP contribution < -0.4 is 5.32 Å². The second-order valence-corrected chi connectivity index (χ2v) is 5.78. The van der Waals surface area contributed by atoms with Gasteiger partial charge in [-0.2, -0.15) is 0 Å². The van der Waals surface area contributed by atoms with Crippen LogP contribution in [0.3, 0.4) is 0 Å². The van der Waals surface area contributed by atoms with E-state index in [1.807, 2.05) is 0 Å². The molecule has 5 nitrogen and oxygen atoms in total. The lowest BCUT2D eigenvalue weighted by molar-refractivity contribution is -0.137. The van der Waals surface area contributed by atoms with E-state index in [0.717, 1.165) is 6.07 Å². The molecule has 2 N–H and O–H groups in total. The lowest BCUT2D eigenvalue weighted by Crippen LogP contribution is -2.19. The van der Waals surface area contributed by atoms with Crippen LogP contribution in [0.1, 0.15) is 42.1 Å². The molecule has 110 valence electrons. The molecule has 2 aliphatic rings. The first-order valence-electron chi connectivity index (χ1n) is 6.76. The molecule has 1 atom stereocenters. The number of carbonyl (C=O) groups excluding carboxylic acids is 2. The van der Waals surface area contributed by atoms with Gasteiger partial charge in [-0.1, -0.05) is 6.92 Å². The first-order chi connectivity index (χ1) is 9.85. The summed E-state index contributed by atoms with van der Waals surface area (Å²) in [4.78, 5) is 34.8. The van der Waals surface area contributed by atoms with Gasteiger partial charge in [0.05, 0.1) is 17.5 Å². The summed E-state index contributed by atoms with van der Waals surface area (Å²) >= 11 is 0. The van der Waals surface area contributed by atoms with Gasteiger partial charge in [0.2, 0.25) is 5.91 Å². The highest BCUT2D eigenvalue weighted by molar-refractivity contribution is 6.10. The molecule has 0 saturated heterocycles. The summed E-state index contributed by atoms with van der Waals surface area (Å²) in [5, 5.41) is 11.3. The average Bonchev–Trinajstić information content (AvgIpc) is 3.15. The summed E-state index contributed by atoms with van der Waals surface area (Å²) < 4.78 is 14.1. The van der Waals surface area contributed by atoms with Gasteiger partial charge in [0.15, 0.2) is 5.78 Å². The highest BCUT2D eigenvalue weighted by Gasteiger charge is 2.57. The Kier molecular flexibility index (Phi) is 2.86. The Bertz CT molecular complexity index is 678. The molecular weight excluding hydrogens is 277 g/mol. The summed E-state index contributed by atoms with van der Waals surface area (Å²) in [6.07, 6.45) is 0.987. The van der Waals surface area contributed by atoms with Crippen molar-refractivity contribution in [3.8, 4) is 0 Å². The zero-order valence-electron chi connectivity index (χ0n) is 11.4. The van der Waals surface area contributed by atoms with Crippen molar-refractivity contribution in [2.75, 3.05) is 5.32 Å². The number of nitrogens with one attached hydrogen (secondary N) is 1. The molecule has 1 heterocycles. The molecule has 0 aromatic heterocycles. The van der Waals surface area contributed by atoms with E-state index in [1.54, 1.807) is 0 Å². The molecular formula is C15H14FNO4. The van der Waals surface area contributed by atoms with Crippen LogP contribution in [0.2, 0.25) is 0 Å². The third-order valence-electron chi connectivity index (χ3n) is 4.24. The number of rotatable bonds is 4. The number of halogens is 1. The summed E-state index contributed by atoms with van der Waals surface area (Å²) in [7, 11) is 0. The number of amides is 1. The van der Waals surface area contributed by atoms with Gasteiger partial charge in [0.25, 0.3) is 0 Å². The summed E-state index contributed by atoms with van der Waals surface area (Å²) in [6.45, 7) is 1.50. The first-order valence-corrected chi connectivity index (χ1v) is 6.76. The molecule has 3 rings (SSSR count). The van der Waals surface area contributed by atoms with Gasteiger partial charge in [-0.15, -0.1) is 0 Å². The van der Waals surface area contributed by atoms with E-state index in [1.165, 1.54) is 13.0 Å². The van der Waals surface area contributed by atoms with E-state index in [0.29, 0.717) is 18.4 Å². The Balaban J connectivity index is 1.98. The Hall–Kier alpha value is -2.24. The molecule has 1 aromatic carbocycles. The first kappa shape index (κ1) is 13.7. The van der Waals surface area contributed by atoms with Crippen molar-refractivity contribution in [3.63, 3.8) is 0 Å². The highest BCUT2D eigenvalue weighted by Crippen LogP contribution is 2.55. The number of anilines is 1. The Morgan fingerprint density at radius 3 is 2.67 bits per heavy atom. The van der Waals surface area contributed by atoms with E-state index in [-0.39, 0.29) is 23.6 Å². The number of fused-ring (bicyclic) bond motifs is 2. The van der Waals surface area contributed by atoms with Crippen LogP contribution in [0, 0.1) is 11.7 Å². The minimum absolute atomic E-state index is 0.128. The number of carbonyl (C=O) groups is 3. The molecule has 1 unspecified atom stereocenters. The van der Waals surface area contributed by atoms with Crippen molar-refractivity contribution in [1.29, 1.82) is 0 Å². The molecule has 1 fully saturated rings. The second-order valence-electron chi connectivity index (χ2n) is 5.78. The zero-order valence-corrected chi connectivity index (χ0v) is 11.4. The predicted molar refractivity (Wildman–Crippen MR) is 71.7 cm³/mol. The van der Waals surface area contributed by atoms with Crippen LogP contribution in [-0.4, -0.2) is 22.8 Å². The van der Waals surface area contributed by atoms with Crippen LogP contribution in [0.4, 0.5) is 10.1 Å². The zero-order chi connectivity index (χ0) is 15.4. The van der Waals surface area contributed by atoms with Gasteiger partial charge in [0, 0.05) is 11.5 Å². The number of carboxylic acid groups (broad SMARTS) is 1. The van der Waals surface area contributed by atoms with E-state index < -0.39 is 28.9 Å². The van der Waals surface area contributed by atoms with Crippen LogP contribution in [0.15, 0.2) is 12.1 Å². The van der Waals surface area contributed by atoms with E-state index in [2.05, 4.69) is 5.32 Å². The van der Waals surface area contributed by atoms with E-state index in [4.69, 9.17) is 5.11 Å². The smallest absolute Gasteiger partial charge is 0.304 e. The number of hydrogen-bond acceptors (Lipinski definition) is 3. The van der Waals surface area contributed by atoms with Crippen molar-refractivity contribution < 1.29 is 23.9 Å². The number of hydrogen-bond donors (Lipinski definition) is 2. The standard InChI is InChI=1S/C15H14FNO4/c1-7(4-11(18)19)13(20)8-5-9-12(10(16)6-8)17-14(21)15(9)2-3-15/h5-7H,2-4H2,1H3,(H,17,21)(H,18,19). The highest BCUT2D eigenvalue weighted by atomic mass is 19.1. The summed E-state index contributed by atoms with van der Waals surface area (Å²) in [5.41, 5.74) is 0.128. The summed E-state index contributed by atoms with van der Waals surface area (Å²) in [5.74, 6) is -3.10. The number of benzene rings is 1. The van der Waals surface area contributed by atoms with Gasteiger partial charge in [0.1, 0.15) is 5.82 Å². The molecule has 1 aromatic rings. The number of aliphatic carboxylic acids is 1. The average molecular weight is 291 g/mol. The third-order valence-corrected chi connectivity index (χ3v) is 4.24. The Morgan fingerprint density at radius 1 is 1.43 bits per heavy atom. The minimum Gasteiger partial charge on any atom is -0.481 e.